The third kappa shape index (κ3) is 21.7. The van der Waals surface area contributed by atoms with Crippen LogP contribution in [0.15, 0.2) is 59.5 Å². The summed E-state index contributed by atoms with van der Waals surface area (Å²) in [6.45, 7) is 7.95. The molecule has 2 aromatic carbocycles. The molecular weight excluding hydrogens is 612 g/mol. The molecule has 0 aliphatic rings. The highest BCUT2D eigenvalue weighted by molar-refractivity contribution is 7.86. The Labute approximate surface area is 277 Å². The predicted octanol–water partition coefficient (Wildman–Crippen LogP) is 5.86. The molecule has 0 amide bonds. The molecule has 10 nitrogen and oxygen atoms in total. The molecule has 0 aliphatic carbocycles. The average molecular weight is 669 g/mol. The molecule has 0 fully saturated rings. The van der Waals surface area contributed by atoms with Crippen LogP contribution in [0, 0.1) is 0 Å². The second-order valence-corrected chi connectivity index (χ2v) is 12.2. The minimum absolute atomic E-state index is 0.0517. The zero-order chi connectivity index (χ0) is 32.8. The van der Waals surface area contributed by atoms with Gasteiger partial charge in [-0.15, -0.1) is 0 Å². The van der Waals surface area contributed by atoms with Crippen LogP contribution in [0.5, 0.6) is 5.75 Å². The van der Waals surface area contributed by atoms with Crippen LogP contribution in [0.1, 0.15) is 57.4 Å². The molecule has 262 valence electrons. The molecule has 0 aliphatic heterocycles. The van der Waals surface area contributed by atoms with Gasteiger partial charge in [0.2, 0.25) is 0 Å². The summed E-state index contributed by atoms with van der Waals surface area (Å²) in [5.41, 5.74) is 1.37. The second kappa shape index (κ2) is 28.0. The first-order valence-electron chi connectivity index (χ1n) is 16.7. The standard InChI is InChI=1S/C35H56O10S/c1-2-3-4-5-6-7-9-12-33-15-17-34(18-16-33)44-31-29-42-27-25-40-23-21-38-19-20-39-22-24-41-26-28-43-30-32-45-46(36,37)35-13-10-8-11-14-35/h8,10-11,13-18H,2-7,9,12,19-32H2,1H3. The molecule has 0 spiro atoms. The highest BCUT2D eigenvalue weighted by atomic mass is 32.2. The first-order valence-corrected chi connectivity index (χ1v) is 18.2. The van der Waals surface area contributed by atoms with Crippen LogP contribution < -0.4 is 4.74 Å². The van der Waals surface area contributed by atoms with Crippen molar-refractivity contribution in [1.29, 1.82) is 0 Å². The van der Waals surface area contributed by atoms with E-state index in [1.54, 1.807) is 18.2 Å². The van der Waals surface area contributed by atoms with E-state index >= 15 is 0 Å². The first kappa shape index (κ1) is 40.1. The molecule has 0 radical (unpaired) electrons. The van der Waals surface area contributed by atoms with Gasteiger partial charge in [-0.25, -0.2) is 0 Å². The van der Waals surface area contributed by atoms with Gasteiger partial charge < -0.3 is 33.2 Å². The summed E-state index contributed by atoms with van der Waals surface area (Å²) in [4.78, 5) is 0.126. The Morgan fingerprint density at radius 2 is 0.913 bits per heavy atom. The van der Waals surface area contributed by atoms with Gasteiger partial charge in [-0.3, -0.25) is 4.18 Å². The van der Waals surface area contributed by atoms with E-state index in [-0.39, 0.29) is 18.1 Å². The van der Waals surface area contributed by atoms with Gasteiger partial charge in [0.25, 0.3) is 10.1 Å². The number of ether oxygens (including phenoxy) is 7. The summed E-state index contributed by atoms with van der Waals surface area (Å²) in [6, 6.07) is 16.4. The van der Waals surface area contributed by atoms with Crippen molar-refractivity contribution < 1.29 is 45.8 Å². The van der Waals surface area contributed by atoms with E-state index in [0.29, 0.717) is 79.3 Å². The van der Waals surface area contributed by atoms with E-state index < -0.39 is 10.1 Å². The maximum absolute atomic E-state index is 12.0. The van der Waals surface area contributed by atoms with Crippen LogP contribution in [0.25, 0.3) is 0 Å². The van der Waals surface area contributed by atoms with E-state index in [1.165, 1.54) is 62.6 Å². The molecule has 0 aromatic heterocycles. The Bertz CT molecular complexity index is 1050. The van der Waals surface area contributed by atoms with E-state index in [2.05, 4.69) is 19.1 Å². The van der Waals surface area contributed by atoms with Crippen LogP contribution in [0.2, 0.25) is 0 Å². The van der Waals surface area contributed by atoms with Crippen LogP contribution in [0.3, 0.4) is 0 Å². The van der Waals surface area contributed by atoms with Gasteiger partial charge >= 0.3 is 0 Å². The number of rotatable bonds is 32. The quantitative estimate of drug-likeness (QED) is 0.0695. The van der Waals surface area contributed by atoms with E-state index in [1.807, 2.05) is 12.1 Å². The maximum Gasteiger partial charge on any atom is 0.297 e. The van der Waals surface area contributed by atoms with Gasteiger partial charge in [-0.1, -0.05) is 75.8 Å². The third-order valence-electron chi connectivity index (χ3n) is 6.85. The second-order valence-electron chi connectivity index (χ2n) is 10.6. The Morgan fingerprint density at radius 1 is 0.478 bits per heavy atom. The van der Waals surface area contributed by atoms with Crippen LogP contribution >= 0.6 is 0 Å². The van der Waals surface area contributed by atoms with Gasteiger partial charge in [0, 0.05) is 0 Å². The minimum Gasteiger partial charge on any atom is -0.491 e. The SMILES string of the molecule is CCCCCCCCCc1ccc(OCCOCCOCCOCCOCCOCCOCCOS(=O)(=O)c2ccccc2)cc1. The van der Waals surface area contributed by atoms with Crippen molar-refractivity contribution in [2.45, 2.75) is 63.2 Å². The minimum atomic E-state index is -3.75. The van der Waals surface area contributed by atoms with Gasteiger partial charge in [0.05, 0.1) is 90.8 Å². The highest BCUT2D eigenvalue weighted by Gasteiger charge is 2.13. The Hall–Kier alpha value is -2.09. The molecular formula is C35H56O10S. The van der Waals surface area contributed by atoms with Crippen molar-refractivity contribution >= 4 is 10.1 Å². The van der Waals surface area contributed by atoms with Crippen molar-refractivity contribution in [2.24, 2.45) is 0 Å². The van der Waals surface area contributed by atoms with Gasteiger partial charge in [-0.05, 0) is 42.7 Å². The number of unbranched alkanes of at least 4 members (excludes halogenated alkanes) is 6. The smallest absolute Gasteiger partial charge is 0.297 e. The zero-order valence-electron chi connectivity index (χ0n) is 27.7. The topological polar surface area (TPSA) is 108 Å². The zero-order valence-corrected chi connectivity index (χ0v) is 28.6. The lowest BCUT2D eigenvalue weighted by Gasteiger charge is -2.09. The summed E-state index contributed by atoms with van der Waals surface area (Å²) in [7, 11) is -3.75. The molecule has 2 aromatic rings. The molecule has 2 rings (SSSR count). The van der Waals surface area contributed by atoms with Crippen molar-refractivity contribution in [3.05, 3.63) is 60.2 Å². The number of hydrogen-bond acceptors (Lipinski definition) is 10. The highest BCUT2D eigenvalue weighted by Crippen LogP contribution is 2.15. The lowest BCUT2D eigenvalue weighted by molar-refractivity contribution is -0.0186. The lowest BCUT2D eigenvalue weighted by atomic mass is 10.0. The Balaban J connectivity index is 1.25. The molecule has 0 saturated carbocycles. The summed E-state index contributed by atoms with van der Waals surface area (Å²) in [5.74, 6) is 0.876. The molecule has 46 heavy (non-hydrogen) atoms. The summed E-state index contributed by atoms with van der Waals surface area (Å²) < 4.78 is 67.5. The molecule has 11 heteroatoms. The monoisotopic (exact) mass is 668 g/mol. The van der Waals surface area contributed by atoms with Gasteiger partial charge in [0.15, 0.2) is 0 Å². The van der Waals surface area contributed by atoms with Crippen molar-refractivity contribution in [3.63, 3.8) is 0 Å². The Kier molecular flexibility index (Phi) is 24.4. The van der Waals surface area contributed by atoms with Crippen LogP contribution in [-0.2, 0) is 49.1 Å². The predicted molar refractivity (Wildman–Crippen MR) is 178 cm³/mol. The number of hydrogen-bond donors (Lipinski definition) is 0. The molecule has 0 bridgehead atoms. The third-order valence-corrected chi connectivity index (χ3v) is 8.17. The van der Waals surface area contributed by atoms with E-state index in [4.69, 9.17) is 37.3 Å². The summed E-state index contributed by atoms with van der Waals surface area (Å²) in [6.07, 6.45) is 10.5. The van der Waals surface area contributed by atoms with Crippen LogP contribution in [-0.4, -0.2) is 101 Å². The van der Waals surface area contributed by atoms with E-state index in [9.17, 15) is 8.42 Å². The maximum atomic E-state index is 12.0. The van der Waals surface area contributed by atoms with Crippen molar-refractivity contribution in [1.82, 2.24) is 0 Å². The number of aryl methyl sites for hydroxylation is 1. The molecule has 0 heterocycles. The fraction of sp³-hybridized carbons (Fsp3) is 0.657. The van der Waals surface area contributed by atoms with Crippen LogP contribution in [0.4, 0.5) is 0 Å². The summed E-state index contributed by atoms with van der Waals surface area (Å²) >= 11 is 0. The van der Waals surface area contributed by atoms with Gasteiger partial charge in [-0.2, -0.15) is 8.42 Å². The molecule has 0 saturated heterocycles. The fourth-order valence-electron chi connectivity index (χ4n) is 4.32. The average Bonchev–Trinajstić information content (AvgIpc) is 3.07. The van der Waals surface area contributed by atoms with Crippen molar-refractivity contribution in [2.75, 3.05) is 92.5 Å². The largest absolute Gasteiger partial charge is 0.491 e. The molecule has 0 atom stereocenters. The van der Waals surface area contributed by atoms with Crippen molar-refractivity contribution in [3.8, 4) is 5.75 Å². The lowest BCUT2D eigenvalue weighted by Crippen LogP contribution is -2.15. The normalized spacial score (nSPS) is 11.7. The Morgan fingerprint density at radius 3 is 1.41 bits per heavy atom. The first-order chi connectivity index (χ1) is 22.6. The number of benzene rings is 2. The fourth-order valence-corrected chi connectivity index (χ4v) is 5.23. The van der Waals surface area contributed by atoms with E-state index in [0.717, 1.165) is 12.2 Å². The molecule has 0 unspecified atom stereocenters. The van der Waals surface area contributed by atoms with Gasteiger partial charge in [0.1, 0.15) is 12.4 Å². The molecule has 0 N–H and O–H groups in total. The summed E-state index contributed by atoms with van der Waals surface area (Å²) in [5, 5.41) is 0.